The van der Waals surface area contributed by atoms with Gasteiger partial charge in [-0.2, -0.15) is 12.6 Å². The molecule has 2 aromatic rings. The van der Waals surface area contributed by atoms with Crippen molar-refractivity contribution in [2.75, 3.05) is 0 Å². The number of H-pyrrole nitrogens is 1. The van der Waals surface area contributed by atoms with Crippen LogP contribution in [0.1, 0.15) is 23.6 Å². The predicted octanol–water partition coefficient (Wildman–Crippen LogP) is 2.54. The summed E-state index contributed by atoms with van der Waals surface area (Å²) >= 11 is 4.37. The van der Waals surface area contributed by atoms with Crippen molar-refractivity contribution in [3.63, 3.8) is 0 Å². The Balaban J connectivity index is 2.61. The normalized spacial score (nSPS) is 12.6. The highest BCUT2D eigenvalue weighted by Gasteiger charge is 2.04. The van der Waals surface area contributed by atoms with E-state index in [1.807, 2.05) is 25.1 Å². The molecule has 0 radical (unpaired) electrons. The lowest BCUT2D eigenvalue weighted by Gasteiger charge is -2.02. The summed E-state index contributed by atoms with van der Waals surface area (Å²) in [6.07, 6.45) is 5.25. The summed E-state index contributed by atoms with van der Waals surface area (Å²) in [5.74, 6) is 3.05. The van der Waals surface area contributed by atoms with Gasteiger partial charge in [0.2, 0.25) is 0 Å². The molecule has 0 aliphatic rings. The molecule has 0 saturated carbocycles. The third-order valence-corrected chi connectivity index (χ3v) is 2.42. The highest BCUT2D eigenvalue weighted by molar-refractivity contribution is 7.80. The number of aromatic nitrogens is 2. The molecule has 14 heavy (non-hydrogen) atoms. The second kappa shape index (κ2) is 3.39. The number of imidazole rings is 1. The van der Waals surface area contributed by atoms with Crippen LogP contribution in [0.25, 0.3) is 11.0 Å². The van der Waals surface area contributed by atoms with Crippen LogP contribution < -0.4 is 0 Å². The average molecular weight is 202 g/mol. The van der Waals surface area contributed by atoms with Gasteiger partial charge < -0.3 is 4.98 Å². The van der Waals surface area contributed by atoms with Crippen molar-refractivity contribution in [2.45, 2.75) is 12.2 Å². The maximum Gasteiger partial charge on any atom is 0.183 e. The lowest BCUT2D eigenvalue weighted by atomic mass is 10.1. The van der Waals surface area contributed by atoms with E-state index in [9.17, 15) is 0 Å². The summed E-state index contributed by atoms with van der Waals surface area (Å²) < 4.78 is 0. The summed E-state index contributed by atoms with van der Waals surface area (Å²) in [6, 6.07) is 6.00. The summed E-state index contributed by atoms with van der Waals surface area (Å²) in [5, 5.41) is 0.219. The lowest BCUT2D eigenvalue weighted by Crippen LogP contribution is -1.83. The molecule has 1 atom stereocenters. The summed E-state index contributed by atoms with van der Waals surface area (Å²) in [5.41, 5.74) is 3.03. The van der Waals surface area contributed by atoms with Crippen LogP contribution in [0.4, 0.5) is 0 Å². The Kier molecular flexibility index (Phi) is 2.22. The lowest BCUT2D eigenvalue weighted by molar-refractivity contribution is 1.12. The Morgan fingerprint density at radius 3 is 3.00 bits per heavy atom. The van der Waals surface area contributed by atoms with E-state index in [1.165, 1.54) is 0 Å². The average Bonchev–Trinajstić information content (AvgIpc) is 2.58. The Hall–Kier alpha value is -1.40. The van der Waals surface area contributed by atoms with Crippen molar-refractivity contribution in [3.05, 3.63) is 29.6 Å². The van der Waals surface area contributed by atoms with Crippen LogP contribution in [0.15, 0.2) is 18.2 Å². The second-order valence-corrected chi connectivity index (χ2v) is 3.96. The zero-order chi connectivity index (χ0) is 10.1. The predicted molar refractivity (Wildman–Crippen MR) is 61.4 cm³/mol. The van der Waals surface area contributed by atoms with Gasteiger partial charge in [-0.25, -0.2) is 4.98 Å². The first-order valence-corrected chi connectivity index (χ1v) is 4.86. The van der Waals surface area contributed by atoms with Crippen LogP contribution in [0.5, 0.6) is 0 Å². The van der Waals surface area contributed by atoms with Crippen molar-refractivity contribution in [2.24, 2.45) is 0 Å². The number of fused-ring (bicyclic) bond motifs is 1. The van der Waals surface area contributed by atoms with Gasteiger partial charge in [-0.15, -0.1) is 6.42 Å². The van der Waals surface area contributed by atoms with E-state index in [-0.39, 0.29) is 5.25 Å². The molecule has 2 rings (SSSR count). The number of nitrogens with zero attached hydrogens (tertiary/aromatic N) is 1. The van der Waals surface area contributed by atoms with Crippen molar-refractivity contribution in [3.8, 4) is 12.3 Å². The monoisotopic (exact) mass is 202 g/mol. The number of thiol groups is 1. The Labute approximate surface area is 88.2 Å². The van der Waals surface area contributed by atoms with Gasteiger partial charge in [0, 0.05) is 5.25 Å². The SMILES string of the molecule is C#Cc1nc2ccc(C(C)S)cc2[nH]1. The minimum absolute atomic E-state index is 0.219. The molecule has 0 amide bonds. The molecule has 0 aliphatic heterocycles. The maximum absolute atomic E-state index is 5.25. The van der Waals surface area contributed by atoms with Crippen molar-refractivity contribution < 1.29 is 0 Å². The molecular formula is C11H10N2S. The van der Waals surface area contributed by atoms with Crippen LogP contribution in [0.3, 0.4) is 0 Å². The molecule has 0 saturated heterocycles. The van der Waals surface area contributed by atoms with E-state index < -0.39 is 0 Å². The Morgan fingerprint density at radius 2 is 2.36 bits per heavy atom. The van der Waals surface area contributed by atoms with Crippen LogP contribution in [0.2, 0.25) is 0 Å². The fraction of sp³-hybridized carbons (Fsp3) is 0.182. The number of aromatic amines is 1. The van der Waals surface area contributed by atoms with E-state index in [2.05, 4.69) is 28.5 Å². The fourth-order valence-corrected chi connectivity index (χ4v) is 1.52. The molecule has 3 heteroatoms. The zero-order valence-corrected chi connectivity index (χ0v) is 8.68. The van der Waals surface area contributed by atoms with Crippen LogP contribution in [0, 0.1) is 12.3 Å². The van der Waals surface area contributed by atoms with E-state index in [0.717, 1.165) is 16.6 Å². The minimum atomic E-state index is 0.219. The molecule has 0 spiro atoms. The fourth-order valence-electron chi connectivity index (χ4n) is 1.36. The molecule has 0 bridgehead atoms. The van der Waals surface area contributed by atoms with E-state index >= 15 is 0 Å². The maximum atomic E-state index is 5.25. The van der Waals surface area contributed by atoms with E-state index in [1.54, 1.807) is 0 Å². The molecule has 1 unspecified atom stereocenters. The van der Waals surface area contributed by atoms with Crippen molar-refractivity contribution in [1.29, 1.82) is 0 Å². The molecule has 1 aromatic carbocycles. The Bertz CT molecular complexity index is 505. The van der Waals surface area contributed by atoms with Crippen molar-refractivity contribution >= 4 is 23.7 Å². The van der Waals surface area contributed by atoms with Crippen molar-refractivity contribution in [1.82, 2.24) is 9.97 Å². The number of hydrogen-bond donors (Lipinski definition) is 2. The van der Waals surface area contributed by atoms with Gasteiger partial charge in [-0.3, -0.25) is 0 Å². The summed E-state index contributed by atoms with van der Waals surface area (Å²) in [4.78, 5) is 7.27. The van der Waals surface area contributed by atoms with Crippen LogP contribution in [-0.2, 0) is 0 Å². The standard InChI is InChI=1S/C11H10N2S/c1-3-11-12-9-5-4-8(7(2)14)6-10(9)13-11/h1,4-7,14H,2H3,(H,12,13). The molecule has 70 valence electrons. The minimum Gasteiger partial charge on any atom is -0.331 e. The number of terminal acetylenes is 1. The molecule has 1 heterocycles. The molecule has 1 aromatic heterocycles. The van der Waals surface area contributed by atoms with Gasteiger partial charge in [-0.05, 0) is 30.5 Å². The van der Waals surface area contributed by atoms with E-state index in [0.29, 0.717) is 5.82 Å². The van der Waals surface area contributed by atoms with Gasteiger partial charge in [-0.1, -0.05) is 6.07 Å². The van der Waals surface area contributed by atoms with Gasteiger partial charge in [0.05, 0.1) is 11.0 Å². The zero-order valence-electron chi connectivity index (χ0n) is 7.78. The quantitative estimate of drug-likeness (QED) is 0.540. The smallest absolute Gasteiger partial charge is 0.183 e. The van der Waals surface area contributed by atoms with Gasteiger partial charge in [0.15, 0.2) is 5.82 Å². The third-order valence-electron chi connectivity index (χ3n) is 2.13. The topological polar surface area (TPSA) is 28.7 Å². The molecule has 0 aliphatic carbocycles. The number of benzene rings is 1. The van der Waals surface area contributed by atoms with Gasteiger partial charge in [0.1, 0.15) is 0 Å². The first-order chi connectivity index (χ1) is 6.70. The van der Waals surface area contributed by atoms with Crippen LogP contribution >= 0.6 is 12.6 Å². The highest BCUT2D eigenvalue weighted by Crippen LogP contribution is 2.22. The molecule has 1 N–H and O–H groups in total. The summed E-state index contributed by atoms with van der Waals surface area (Å²) in [6.45, 7) is 2.03. The van der Waals surface area contributed by atoms with E-state index in [4.69, 9.17) is 6.42 Å². The first kappa shape index (κ1) is 9.17. The molecule has 0 fully saturated rings. The molecular weight excluding hydrogens is 192 g/mol. The highest BCUT2D eigenvalue weighted by atomic mass is 32.1. The van der Waals surface area contributed by atoms with Gasteiger partial charge in [0.25, 0.3) is 0 Å². The number of hydrogen-bond acceptors (Lipinski definition) is 2. The first-order valence-electron chi connectivity index (χ1n) is 4.35. The molecule has 2 nitrogen and oxygen atoms in total. The third kappa shape index (κ3) is 1.49. The second-order valence-electron chi connectivity index (χ2n) is 3.18. The number of nitrogens with one attached hydrogen (secondary N) is 1. The largest absolute Gasteiger partial charge is 0.331 e. The summed E-state index contributed by atoms with van der Waals surface area (Å²) in [7, 11) is 0. The number of rotatable bonds is 1. The van der Waals surface area contributed by atoms with Crippen LogP contribution in [-0.4, -0.2) is 9.97 Å². The Morgan fingerprint density at radius 1 is 1.57 bits per heavy atom. The van der Waals surface area contributed by atoms with Gasteiger partial charge >= 0.3 is 0 Å².